The normalized spacial score (nSPS) is 10.4. The summed E-state index contributed by atoms with van der Waals surface area (Å²) < 4.78 is 5.40. The fourth-order valence-electron chi connectivity index (χ4n) is 2.55. The molecule has 0 unspecified atom stereocenters. The lowest BCUT2D eigenvalue weighted by molar-refractivity contribution is 0.262. The third-order valence-corrected chi connectivity index (χ3v) is 4.57. The van der Waals surface area contributed by atoms with Gasteiger partial charge in [-0.2, -0.15) is 0 Å². The molecule has 0 radical (unpaired) electrons. The van der Waals surface area contributed by atoms with Crippen LogP contribution in [0.1, 0.15) is 13.8 Å². The molecule has 144 valence electrons. The number of carbonyl (C=O) groups is 1. The van der Waals surface area contributed by atoms with Crippen LogP contribution in [-0.4, -0.2) is 28.6 Å². The summed E-state index contributed by atoms with van der Waals surface area (Å²) in [6.07, 6.45) is 0. The predicted octanol–water partition coefficient (Wildman–Crippen LogP) is 5.30. The van der Waals surface area contributed by atoms with Gasteiger partial charge in [-0.25, -0.2) is 4.79 Å². The highest BCUT2D eigenvalue weighted by Crippen LogP contribution is 2.23. The number of thioether (sulfide) groups is 1. The molecule has 2 aromatic carbocycles. The van der Waals surface area contributed by atoms with E-state index in [0.29, 0.717) is 18.0 Å². The van der Waals surface area contributed by atoms with Gasteiger partial charge in [0, 0.05) is 16.9 Å². The van der Waals surface area contributed by atoms with Crippen LogP contribution in [0.3, 0.4) is 0 Å². The first-order valence-electron chi connectivity index (χ1n) is 9.05. The first kappa shape index (κ1) is 19.7. The number of anilines is 2. The van der Waals surface area contributed by atoms with E-state index in [1.54, 1.807) is 23.9 Å². The van der Waals surface area contributed by atoms with E-state index in [-0.39, 0.29) is 6.03 Å². The number of hydrogen-bond donors (Lipinski definition) is 2. The Balaban J connectivity index is 1.64. The molecule has 0 saturated heterocycles. The maximum atomic E-state index is 12.3. The SMILES string of the molecule is CCOc1ccc(NC(=O)Nc2cccc(-c3ccc(SCC)nn3)c2)cc1. The molecule has 3 rings (SSSR count). The number of nitrogens with zero attached hydrogens (tertiary/aromatic N) is 2. The van der Waals surface area contributed by atoms with Crippen LogP contribution in [0.4, 0.5) is 16.2 Å². The number of ether oxygens (including phenoxy) is 1. The van der Waals surface area contributed by atoms with Gasteiger partial charge in [-0.15, -0.1) is 22.0 Å². The Kier molecular flexibility index (Phi) is 6.86. The average molecular weight is 395 g/mol. The number of rotatable bonds is 7. The number of aromatic nitrogens is 2. The van der Waals surface area contributed by atoms with Gasteiger partial charge in [0.2, 0.25) is 0 Å². The Bertz CT molecular complexity index is 914. The Labute approximate surface area is 168 Å². The molecule has 0 bridgehead atoms. The molecule has 0 spiro atoms. The lowest BCUT2D eigenvalue weighted by Gasteiger charge is -2.10. The molecule has 1 aromatic heterocycles. The van der Waals surface area contributed by atoms with Gasteiger partial charge in [0.1, 0.15) is 10.8 Å². The topological polar surface area (TPSA) is 76.1 Å². The number of carbonyl (C=O) groups excluding carboxylic acids is 1. The maximum absolute atomic E-state index is 12.3. The maximum Gasteiger partial charge on any atom is 0.323 e. The highest BCUT2D eigenvalue weighted by Gasteiger charge is 2.06. The van der Waals surface area contributed by atoms with E-state index in [1.165, 1.54) is 0 Å². The van der Waals surface area contributed by atoms with Crippen molar-refractivity contribution in [1.29, 1.82) is 0 Å². The smallest absolute Gasteiger partial charge is 0.323 e. The van der Waals surface area contributed by atoms with Gasteiger partial charge < -0.3 is 15.4 Å². The molecule has 2 amide bonds. The Morgan fingerprint density at radius 2 is 1.75 bits per heavy atom. The Morgan fingerprint density at radius 1 is 0.964 bits per heavy atom. The van der Waals surface area contributed by atoms with Crippen LogP contribution in [0.2, 0.25) is 0 Å². The number of hydrogen-bond acceptors (Lipinski definition) is 5. The number of urea groups is 1. The monoisotopic (exact) mass is 394 g/mol. The van der Waals surface area contributed by atoms with Gasteiger partial charge in [-0.1, -0.05) is 19.1 Å². The second kappa shape index (κ2) is 9.75. The zero-order valence-electron chi connectivity index (χ0n) is 15.8. The summed E-state index contributed by atoms with van der Waals surface area (Å²) in [5.74, 6) is 1.72. The van der Waals surface area contributed by atoms with Crippen LogP contribution in [0, 0.1) is 0 Å². The third kappa shape index (κ3) is 5.47. The van der Waals surface area contributed by atoms with Crippen molar-refractivity contribution in [1.82, 2.24) is 10.2 Å². The van der Waals surface area contributed by atoms with Crippen molar-refractivity contribution in [2.24, 2.45) is 0 Å². The summed E-state index contributed by atoms with van der Waals surface area (Å²) in [6.45, 7) is 4.61. The summed E-state index contributed by atoms with van der Waals surface area (Å²) in [5, 5.41) is 15.0. The van der Waals surface area contributed by atoms with Crippen LogP contribution < -0.4 is 15.4 Å². The van der Waals surface area contributed by atoms with Crippen molar-refractivity contribution in [2.75, 3.05) is 23.0 Å². The first-order valence-corrected chi connectivity index (χ1v) is 10.0. The second-order valence-electron chi connectivity index (χ2n) is 5.81. The van der Waals surface area contributed by atoms with Crippen molar-refractivity contribution < 1.29 is 9.53 Å². The molecule has 0 fully saturated rings. The molecule has 0 aliphatic carbocycles. The minimum atomic E-state index is -0.318. The van der Waals surface area contributed by atoms with Crippen LogP contribution in [-0.2, 0) is 0 Å². The van der Waals surface area contributed by atoms with Crippen molar-refractivity contribution in [3.63, 3.8) is 0 Å². The van der Waals surface area contributed by atoms with E-state index in [4.69, 9.17) is 4.74 Å². The molecule has 6 nitrogen and oxygen atoms in total. The van der Waals surface area contributed by atoms with E-state index in [1.807, 2.05) is 55.5 Å². The van der Waals surface area contributed by atoms with Gasteiger partial charge in [-0.05, 0) is 61.2 Å². The highest BCUT2D eigenvalue weighted by molar-refractivity contribution is 7.99. The summed E-state index contributed by atoms with van der Waals surface area (Å²) >= 11 is 1.65. The zero-order chi connectivity index (χ0) is 19.8. The van der Waals surface area contributed by atoms with Gasteiger partial charge in [-0.3, -0.25) is 0 Å². The fourth-order valence-corrected chi connectivity index (χ4v) is 3.11. The van der Waals surface area contributed by atoms with E-state index < -0.39 is 0 Å². The van der Waals surface area contributed by atoms with Crippen LogP contribution in [0.15, 0.2) is 65.7 Å². The second-order valence-corrected chi connectivity index (χ2v) is 7.09. The summed E-state index contributed by atoms with van der Waals surface area (Å²) in [7, 11) is 0. The van der Waals surface area contributed by atoms with Gasteiger partial charge in [0.05, 0.1) is 12.3 Å². The van der Waals surface area contributed by atoms with Crippen LogP contribution in [0.25, 0.3) is 11.3 Å². The number of nitrogens with one attached hydrogen (secondary N) is 2. The third-order valence-electron chi connectivity index (χ3n) is 3.77. The van der Waals surface area contributed by atoms with Gasteiger partial charge in [0.15, 0.2) is 0 Å². The molecular formula is C21H22N4O2S. The number of amides is 2. The predicted molar refractivity (Wildman–Crippen MR) is 114 cm³/mol. The largest absolute Gasteiger partial charge is 0.494 e. The molecule has 28 heavy (non-hydrogen) atoms. The minimum Gasteiger partial charge on any atom is -0.494 e. The summed E-state index contributed by atoms with van der Waals surface area (Å²) in [4.78, 5) is 12.3. The summed E-state index contributed by atoms with van der Waals surface area (Å²) in [5.41, 5.74) is 3.01. The Hall–Kier alpha value is -3.06. The molecule has 0 atom stereocenters. The highest BCUT2D eigenvalue weighted by atomic mass is 32.2. The molecule has 3 aromatic rings. The van der Waals surface area contributed by atoms with Crippen molar-refractivity contribution in [2.45, 2.75) is 18.9 Å². The molecule has 0 saturated carbocycles. The standard InChI is InChI=1S/C21H22N4O2S/c1-3-27-18-10-8-16(9-11-18)22-21(26)23-17-7-5-6-15(14-17)19-12-13-20(25-24-19)28-4-2/h5-14H,3-4H2,1-2H3,(H2,22,23,26). The average Bonchev–Trinajstić information content (AvgIpc) is 2.71. The van der Waals surface area contributed by atoms with Crippen LogP contribution in [0.5, 0.6) is 5.75 Å². The van der Waals surface area contributed by atoms with Crippen molar-refractivity contribution >= 4 is 29.2 Å². The molecule has 0 aliphatic rings. The Morgan fingerprint density at radius 3 is 2.43 bits per heavy atom. The zero-order valence-corrected chi connectivity index (χ0v) is 16.6. The first-order chi connectivity index (χ1) is 13.7. The van der Waals surface area contributed by atoms with E-state index in [0.717, 1.165) is 27.8 Å². The lowest BCUT2D eigenvalue weighted by atomic mass is 10.1. The molecule has 2 N–H and O–H groups in total. The van der Waals surface area contributed by atoms with Gasteiger partial charge in [0.25, 0.3) is 0 Å². The van der Waals surface area contributed by atoms with Crippen LogP contribution >= 0.6 is 11.8 Å². The molecular weight excluding hydrogens is 372 g/mol. The van der Waals surface area contributed by atoms with E-state index in [2.05, 4.69) is 27.8 Å². The lowest BCUT2D eigenvalue weighted by Crippen LogP contribution is -2.19. The molecule has 1 heterocycles. The van der Waals surface area contributed by atoms with Crippen molar-refractivity contribution in [3.8, 4) is 17.0 Å². The quantitative estimate of drug-likeness (QED) is 0.532. The van der Waals surface area contributed by atoms with Gasteiger partial charge >= 0.3 is 6.03 Å². The van der Waals surface area contributed by atoms with Crippen molar-refractivity contribution in [3.05, 3.63) is 60.7 Å². The van der Waals surface area contributed by atoms with E-state index >= 15 is 0 Å². The molecule has 0 aliphatic heterocycles. The fraction of sp³-hybridized carbons (Fsp3) is 0.190. The van der Waals surface area contributed by atoms with E-state index in [9.17, 15) is 4.79 Å². The minimum absolute atomic E-state index is 0.318. The molecule has 7 heteroatoms. The summed E-state index contributed by atoms with van der Waals surface area (Å²) in [6, 6.07) is 18.3. The number of benzene rings is 2.